The number of hydrogen-bond donors (Lipinski definition) is 1. The molecule has 4 nitrogen and oxygen atoms in total. The molecule has 0 radical (unpaired) electrons. The minimum atomic E-state index is -0.375. The first-order valence-corrected chi connectivity index (χ1v) is 8.93. The van der Waals surface area contributed by atoms with Gasteiger partial charge >= 0.3 is 0 Å². The van der Waals surface area contributed by atoms with Crippen LogP contribution < -0.4 is 0 Å². The highest BCUT2D eigenvalue weighted by atomic mass is 16.6. The summed E-state index contributed by atoms with van der Waals surface area (Å²) >= 11 is 0. The molecule has 1 heterocycles. The Morgan fingerprint density at radius 3 is 2.57 bits per heavy atom. The van der Waals surface area contributed by atoms with E-state index in [-0.39, 0.29) is 30.3 Å². The summed E-state index contributed by atoms with van der Waals surface area (Å²) in [4.78, 5) is 14.9. The Morgan fingerprint density at radius 1 is 1.13 bits per heavy atom. The van der Waals surface area contributed by atoms with Crippen molar-refractivity contribution in [1.29, 1.82) is 0 Å². The average molecular weight is 315 g/mol. The number of benzene rings is 1. The van der Waals surface area contributed by atoms with E-state index in [1.165, 1.54) is 12.8 Å². The zero-order valence-corrected chi connectivity index (χ0v) is 13.4. The SMILES string of the molecule is O=C(C1OC1c1ccccc1)N(CC1CC1)[C@@H]1CCCC[C@H]1O. The Morgan fingerprint density at radius 2 is 1.87 bits per heavy atom. The predicted octanol–water partition coefficient (Wildman–Crippen LogP) is 2.67. The lowest BCUT2D eigenvalue weighted by atomic mass is 9.90. The van der Waals surface area contributed by atoms with Crippen molar-refractivity contribution in [3.63, 3.8) is 0 Å². The smallest absolute Gasteiger partial charge is 0.255 e. The van der Waals surface area contributed by atoms with E-state index in [4.69, 9.17) is 4.74 Å². The number of epoxide rings is 1. The van der Waals surface area contributed by atoms with Crippen molar-refractivity contribution in [3.05, 3.63) is 35.9 Å². The summed E-state index contributed by atoms with van der Waals surface area (Å²) < 4.78 is 5.70. The molecule has 0 aromatic heterocycles. The minimum Gasteiger partial charge on any atom is -0.391 e. The Hall–Kier alpha value is -1.39. The Bertz CT molecular complexity index is 557. The number of carbonyl (C=O) groups is 1. The molecule has 1 amide bonds. The summed E-state index contributed by atoms with van der Waals surface area (Å²) in [6.07, 6.45) is 5.48. The molecule has 1 aromatic rings. The second kappa shape index (κ2) is 6.25. The lowest BCUT2D eigenvalue weighted by Gasteiger charge is -2.37. The van der Waals surface area contributed by atoms with Gasteiger partial charge < -0.3 is 14.7 Å². The highest BCUT2D eigenvalue weighted by Gasteiger charge is 2.50. The number of aliphatic hydroxyl groups is 1. The molecule has 2 saturated carbocycles. The number of rotatable bonds is 5. The Balaban J connectivity index is 1.47. The molecular weight excluding hydrogens is 290 g/mol. The van der Waals surface area contributed by atoms with Gasteiger partial charge in [-0.3, -0.25) is 4.79 Å². The van der Waals surface area contributed by atoms with E-state index in [0.29, 0.717) is 5.92 Å². The van der Waals surface area contributed by atoms with Crippen molar-refractivity contribution in [3.8, 4) is 0 Å². The van der Waals surface area contributed by atoms with E-state index in [1.807, 2.05) is 35.2 Å². The molecule has 4 rings (SSSR count). The maximum atomic E-state index is 13.0. The maximum Gasteiger partial charge on any atom is 0.255 e. The molecule has 2 aliphatic carbocycles. The van der Waals surface area contributed by atoms with Gasteiger partial charge in [0.1, 0.15) is 6.10 Å². The fraction of sp³-hybridized carbons (Fsp3) is 0.632. The van der Waals surface area contributed by atoms with Gasteiger partial charge in [-0.15, -0.1) is 0 Å². The second-order valence-corrected chi connectivity index (χ2v) is 7.24. The second-order valence-electron chi connectivity index (χ2n) is 7.24. The molecule has 3 fully saturated rings. The van der Waals surface area contributed by atoms with Crippen LogP contribution in [0.25, 0.3) is 0 Å². The number of amides is 1. The third kappa shape index (κ3) is 3.29. The van der Waals surface area contributed by atoms with Crippen molar-refractivity contribution < 1.29 is 14.6 Å². The standard InChI is InChI=1S/C19H25NO3/c21-16-9-5-4-8-15(16)20(12-13-10-11-13)19(22)18-17(23-18)14-6-2-1-3-7-14/h1-3,6-7,13,15-18,21H,4-5,8-12H2/t15-,16-,17?,18?/m1/s1. The molecule has 4 atom stereocenters. The summed E-state index contributed by atoms with van der Waals surface area (Å²) in [5, 5.41) is 10.4. The van der Waals surface area contributed by atoms with Crippen LogP contribution in [0, 0.1) is 5.92 Å². The fourth-order valence-corrected chi connectivity index (χ4v) is 3.78. The van der Waals surface area contributed by atoms with Gasteiger partial charge in [-0.2, -0.15) is 0 Å². The summed E-state index contributed by atoms with van der Waals surface area (Å²) in [5.41, 5.74) is 1.07. The van der Waals surface area contributed by atoms with E-state index in [9.17, 15) is 9.90 Å². The van der Waals surface area contributed by atoms with Crippen molar-refractivity contribution in [2.45, 2.75) is 62.9 Å². The third-order valence-corrected chi connectivity index (χ3v) is 5.39. The van der Waals surface area contributed by atoms with Crippen LogP contribution in [0.15, 0.2) is 30.3 Å². The number of ether oxygens (including phenoxy) is 1. The van der Waals surface area contributed by atoms with Gasteiger partial charge in [-0.25, -0.2) is 0 Å². The number of nitrogens with zero attached hydrogens (tertiary/aromatic N) is 1. The van der Waals surface area contributed by atoms with Gasteiger partial charge in [0.2, 0.25) is 0 Å². The normalized spacial score (nSPS) is 33.3. The lowest BCUT2D eigenvalue weighted by Crippen LogP contribution is -2.50. The summed E-state index contributed by atoms with van der Waals surface area (Å²) in [7, 11) is 0. The van der Waals surface area contributed by atoms with Crippen molar-refractivity contribution in [1.82, 2.24) is 4.90 Å². The largest absolute Gasteiger partial charge is 0.391 e. The molecular formula is C19H25NO3. The first-order valence-electron chi connectivity index (χ1n) is 8.93. The fourth-order valence-electron chi connectivity index (χ4n) is 3.78. The average Bonchev–Trinajstić information content (AvgIpc) is 3.48. The van der Waals surface area contributed by atoms with Crippen LogP contribution in [0.4, 0.5) is 0 Å². The van der Waals surface area contributed by atoms with Gasteiger partial charge in [0, 0.05) is 6.54 Å². The van der Waals surface area contributed by atoms with Gasteiger partial charge in [-0.1, -0.05) is 43.2 Å². The molecule has 4 heteroatoms. The van der Waals surface area contributed by atoms with Crippen LogP contribution in [-0.4, -0.2) is 40.7 Å². The highest BCUT2D eigenvalue weighted by molar-refractivity contribution is 5.84. The third-order valence-electron chi connectivity index (χ3n) is 5.39. The first-order chi connectivity index (χ1) is 11.2. The van der Waals surface area contributed by atoms with E-state index >= 15 is 0 Å². The highest BCUT2D eigenvalue weighted by Crippen LogP contribution is 2.41. The van der Waals surface area contributed by atoms with Crippen molar-refractivity contribution in [2.24, 2.45) is 5.92 Å². The lowest BCUT2D eigenvalue weighted by molar-refractivity contribution is -0.139. The molecule has 3 aliphatic rings. The van der Waals surface area contributed by atoms with Gasteiger partial charge in [0.25, 0.3) is 5.91 Å². The molecule has 1 N–H and O–H groups in total. The minimum absolute atomic E-state index is 0.0162. The van der Waals surface area contributed by atoms with Crippen LogP contribution in [0.5, 0.6) is 0 Å². The van der Waals surface area contributed by atoms with Crippen LogP contribution in [0.3, 0.4) is 0 Å². The first kappa shape index (κ1) is 15.2. The molecule has 23 heavy (non-hydrogen) atoms. The van der Waals surface area contributed by atoms with Crippen LogP contribution in [0.1, 0.15) is 50.2 Å². The van der Waals surface area contributed by atoms with Crippen molar-refractivity contribution >= 4 is 5.91 Å². The van der Waals surface area contributed by atoms with E-state index in [1.54, 1.807) is 0 Å². The van der Waals surface area contributed by atoms with Gasteiger partial charge in [-0.05, 0) is 37.2 Å². The van der Waals surface area contributed by atoms with Crippen LogP contribution in [0.2, 0.25) is 0 Å². The van der Waals surface area contributed by atoms with Crippen LogP contribution in [-0.2, 0) is 9.53 Å². The quantitative estimate of drug-likeness (QED) is 0.850. The molecule has 1 saturated heterocycles. The predicted molar refractivity (Wildman–Crippen MR) is 86.8 cm³/mol. The Kier molecular flexibility index (Phi) is 4.12. The maximum absolute atomic E-state index is 13.0. The van der Waals surface area contributed by atoms with E-state index in [0.717, 1.165) is 37.8 Å². The zero-order chi connectivity index (χ0) is 15.8. The summed E-state index contributed by atoms with van der Waals surface area (Å²) in [6.45, 7) is 0.794. The number of aliphatic hydroxyl groups excluding tert-OH is 1. The molecule has 0 bridgehead atoms. The molecule has 0 spiro atoms. The molecule has 1 aliphatic heterocycles. The topological polar surface area (TPSA) is 53.1 Å². The van der Waals surface area contributed by atoms with Gasteiger partial charge in [0.15, 0.2) is 6.10 Å². The zero-order valence-electron chi connectivity index (χ0n) is 13.4. The van der Waals surface area contributed by atoms with E-state index < -0.39 is 0 Å². The van der Waals surface area contributed by atoms with Crippen LogP contribution >= 0.6 is 0 Å². The van der Waals surface area contributed by atoms with E-state index in [2.05, 4.69) is 0 Å². The van der Waals surface area contributed by atoms with Gasteiger partial charge in [0.05, 0.1) is 12.1 Å². The Labute approximate surface area is 137 Å². The summed E-state index contributed by atoms with van der Waals surface area (Å²) in [5.74, 6) is 0.707. The monoisotopic (exact) mass is 315 g/mol. The number of hydrogen-bond acceptors (Lipinski definition) is 3. The molecule has 1 aromatic carbocycles. The molecule has 124 valence electrons. The molecule has 2 unspecified atom stereocenters. The summed E-state index contributed by atoms with van der Waals surface area (Å²) in [6, 6.07) is 9.94. The van der Waals surface area contributed by atoms with Crippen molar-refractivity contribution in [2.75, 3.05) is 6.54 Å². The number of carbonyl (C=O) groups excluding carboxylic acids is 1.